The molecule has 2 unspecified atom stereocenters. The predicted octanol–water partition coefficient (Wildman–Crippen LogP) is 2.65. The minimum Gasteiger partial charge on any atom is -0.369 e. The van der Waals surface area contributed by atoms with Crippen LogP contribution in [-0.4, -0.2) is 31.3 Å². The van der Waals surface area contributed by atoms with Crippen LogP contribution in [0.3, 0.4) is 0 Å². The lowest BCUT2D eigenvalue weighted by Gasteiger charge is -2.61. The molecular formula is C22H30ClN3O4S. The number of benzene rings is 1. The molecule has 1 aromatic carbocycles. The smallest absolute Gasteiger partial charge is 0.241 e. The number of nitrogens with two attached hydrogens (primary N) is 1. The topological polar surface area (TPSA) is 118 Å². The Bertz CT molecular complexity index is 1040. The number of hydrogen-bond donors (Lipinski definition) is 3. The summed E-state index contributed by atoms with van der Waals surface area (Å²) in [5.41, 5.74) is 3.76. The summed E-state index contributed by atoms with van der Waals surface area (Å²) in [6.45, 7) is 4.72. The molecule has 5 rings (SSSR count). The van der Waals surface area contributed by atoms with Gasteiger partial charge >= 0.3 is 0 Å². The third-order valence-corrected chi connectivity index (χ3v) is 9.64. The summed E-state index contributed by atoms with van der Waals surface area (Å²) in [4.78, 5) is 25.6. The second kappa shape index (κ2) is 7.18. The lowest BCUT2D eigenvalue weighted by atomic mass is 9.46. The molecule has 4 fully saturated rings. The molecule has 2 amide bonds. The molecule has 9 heteroatoms. The van der Waals surface area contributed by atoms with Gasteiger partial charge in [0.1, 0.15) is 5.54 Å². The highest BCUT2D eigenvalue weighted by Crippen LogP contribution is 2.61. The Morgan fingerprint density at radius 1 is 1.16 bits per heavy atom. The summed E-state index contributed by atoms with van der Waals surface area (Å²) in [6, 6.07) is 4.65. The summed E-state index contributed by atoms with van der Waals surface area (Å²) in [5, 5.41) is 3.49. The molecule has 0 heterocycles. The number of primary amides is 1. The van der Waals surface area contributed by atoms with E-state index >= 15 is 0 Å². The summed E-state index contributed by atoms with van der Waals surface area (Å²) in [6.07, 6.45) is 4.79. The van der Waals surface area contributed by atoms with Crippen LogP contribution in [0.25, 0.3) is 0 Å². The van der Waals surface area contributed by atoms with Crippen LogP contribution in [0.2, 0.25) is 5.02 Å². The van der Waals surface area contributed by atoms with Crippen LogP contribution >= 0.6 is 11.6 Å². The first-order valence-corrected chi connectivity index (χ1v) is 12.6. The molecular weight excluding hydrogens is 438 g/mol. The fourth-order valence-electron chi connectivity index (χ4n) is 6.41. The van der Waals surface area contributed by atoms with Crippen LogP contribution in [0.4, 0.5) is 0 Å². The van der Waals surface area contributed by atoms with Crippen LogP contribution in [0.15, 0.2) is 23.1 Å². The highest BCUT2D eigenvalue weighted by Gasteiger charge is 2.61. The molecule has 4 aliphatic carbocycles. The van der Waals surface area contributed by atoms with Gasteiger partial charge in [0.15, 0.2) is 0 Å². The zero-order valence-corrected chi connectivity index (χ0v) is 19.7. The molecule has 0 radical (unpaired) electrons. The first-order chi connectivity index (χ1) is 14.3. The second-order valence-corrected chi connectivity index (χ2v) is 12.5. The Morgan fingerprint density at radius 2 is 1.77 bits per heavy atom. The van der Waals surface area contributed by atoms with Crippen LogP contribution < -0.4 is 15.8 Å². The molecule has 31 heavy (non-hydrogen) atoms. The number of hydrogen-bond acceptors (Lipinski definition) is 4. The number of sulfonamides is 1. The Labute approximate surface area is 188 Å². The summed E-state index contributed by atoms with van der Waals surface area (Å²) in [7, 11) is -3.98. The van der Waals surface area contributed by atoms with Crippen LogP contribution in [0.5, 0.6) is 0 Å². The van der Waals surface area contributed by atoms with Gasteiger partial charge in [-0.05, 0) is 88.8 Å². The Morgan fingerprint density at radius 3 is 2.35 bits per heavy atom. The lowest BCUT2D eigenvalue weighted by Crippen LogP contribution is -2.68. The molecule has 4 bridgehead atoms. The third-order valence-electron chi connectivity index (χ3n) is 7.43. The van der Waals surface area contributed by atoms with Crippen molar-refractivity contribution in [2.24, 2.45) is 23.0 Å². The van der Waals surface area contributed by atoms with Crippen molar-refractivity contribution in [1.29, 1.82) is 0 Å². The Hall–Kier alpha value is -1.64. The van der Waals surface area contributed by atoms with Crippen molar-refractivity contribution in [3.8, 4) is 0 Å². The van der Waals surface area contributed by atoms with Gasteiger partial charge in [-0.1, -0.05) is 17.7 Å². The van der Waals surface area contributed by atoms with E-state index < -0.39 is 32.4 Å². The van der Waals surface area contributed by atoms with E-state index in [1.807, 2.05) is 0 Å². The fraction of sp³-hybridized carbons (Fsp3) is 0.636. The van der Waals surface area contributed by atoms with Gasteiger partial charge in [-0.2, -0.15) is 4.72 Å². The number of rotatable bonds is 6. The van der Waals surface area contributed by atoms with Crippen molar-refractivity contribution < 1.29 is 18.0 Å². The second-order valence-electron chi connectivity index (χ2n) is 10.4. The van der Waals surface area contributed by atoms with Gasteiger partial charge in [-0.3, -0.25) is 9.59 Å². The minimum absolute atomic E-state index is 0.0448. The van der Waals surface area contributed by atoms with E-state index in [2.05, 4.69) is 10.0 Å². The molecule has 0 saturated heterocycles. The van der Waals surface area contributed by atoms with Crippen molar-refractivity contribution in [3.63, 3.8) is 0 Å². The van der Waals surface area contributed by atoms with Crippen LogP contribution in [-0.2, 0) is 19.6 Å². The van der Waals surface area contributed by atoms with Crippen LogP contribution in [0.1, 0.15) is 57.9 Å². The third kappa shape index (κ3) is 3.87. The Balaban J connectivity index is 1.55. The average Bonchev–Trinajstić information content (AvgIpc) is 2.61. The molecule has 0 aliphatic heterocycles. The van der Waals surface area contributed by atoms with Crippen molar-refractivity contribution >= 4 is 33.4 Å². The lowest BCUT2D eigenvalue weighted by molar-refractivity contribution is -0.151. The summed E-state index contributed by atoms with van der Waals surface area (Å²) < 4.78 is 28.6. The van der Waals surface area contributed by atoms with E-state index in [1.165, 1.54) is 6.07 Å². The van der Waals surface area contributed by atoms with E-state index in [9.17, 15) is 18.0 Å². The average molecular weight is 468 g/mol. The highest BCUT2D eigenvalue weighted by molar-refractivity contribution is 7.89. The molecule has 7 nitrogen and oxygen atoms in total. The van der Waals surface area contributed by atoms with E-state index in [-0.39, 0.29) is 10.8 Å². The molecule has 4 N–H and O–H groups in total. The molecule has 4 aliphatic rings. The van der Waals surface area contributed by atoms with E-state index in [1.54, 1.807) is 32.9 Å². The van der Waals surface area contributed by atoms with E-state index in [0.717, 1.165) is 32.1 Å². The van der Waals surface area contributed by atoms with E-state index in [4.69, 9.17) is 17.3 Å². The molecule has 0 aromatic heterocycles. The first kappa shape index (κ1) is 22.6. The minimum atomic E-state index is -3.98. The number of halogens is 1. The largest absolute Gasteiger partial charge is 0.369 e. The fourth-order valence-corrected chi connectivity index (χ4v) is 8.29. The van der Waals surface area contributed by atoms with E-state index in [0.29, 0.717) is 28.8 Å². The maximum absolute atomic E-state index is 13.3. The Kier molecular flexibility index (Phi) is 5.23. The molecule has 170 valence electrons. The number of amides is 2. The maximum Gasteiger partial charge on any atom is 0.241 e. The number of carbonyl (C=O) groups is 2. The van der Waals surface area contributed by atoms with Gasteiger partial charge in [0.2, 0.25) is 21.8 Å². The molecule has 0 spiro atoms. The van der Waals surface area contributed by atoms with Gasteiger partial charge in [0.05, 0.1) is 10.3 Å². The standard InChI is InChI=1S/C22H30ClN3O4S/c1-13-16(23)5-4-6-17(13)31(29,30)26-20(2,3)19(28)25-22-10-14-7-15(11-22)9-21(8-14,12-22)18(24)27/h4-6,14-15,26H,7-12H2,1-3H3,(H2,24,27)(H,25,28). The van der Waals surface area contributed by atoms with Crippen molar-refractivity contribution in [2.45, 2.75) is 75.3 Å². The van der Waals surface area contributed by atoms with Crippen LogP contribution in [0, 0.1) is 24.2 Å². The van der Waals surface area contributed by atoms with Gasteiger partial charge in [-0.25, -0.2) is 8.42 Å². The molecule has 4 saturated carbocycles. The molecule has 1 aromatic rings. The predicted molar refractivity (Wildman–Crippen MR) is 118 cm³/mol. The van der Waals surface area contributed by atoms with Crippen molar-refractivity contribution in [3.05, 3.63) is 28.8 Å². The SMILES string of the molecule is Cc1c(Cl)cccc1S(=O)(=O)NC(C)(C)C(=O)NC12CC3CC(C1)CC(C(N)=O)(C3)C2. The summed E-state index contributed by atoms with van der Waals surface area (Å²) in [5.74, 6) is 0.0415. The molecule has 2 atom stereocenters. The van der Waals surface area contributed by atoms with Gasteiger partial charge in [-0.15, -0.1) is 0 Å². The van der Waals surface area contributed by atoms with Crippen molar-refractivity contribution in [2.75, 3.05) is 0 Å². The quantitative estimate of drug-likeness (QED) is 0.595. The highest BCUT2D eigenvalue weighted by atomic mass is 35.5. The summed E-state index contributed by atoms with van der Waals surface area (Å²) >= 11 is 6.09. The van der Waals surface area contributed by atoms with Gasteiger partial charge < -0.3 is 11.1 Å². The monoisotopic (exact) mass is 467 g/mol. The maximum atomic E-state index is 13.3. The zero-order chi connectivity index (χ0) is 22.8. The van der Waals surface area contributed by atoms with Gasteiger partial charge in [0.25, 0.3) is 0 Å². The zero-order valence-electron chi connectivity index (χ0n) is 18.1. The normalized spacial score (nSPS) is 32.1. The van der Waals surface area contributed by atoms with Crippen molar-refractivity contribution in [1.82, 2.24) is 10.0 Å². The number of carbonyl (C=O) groups excluding carboxylic acids is 2. The number of nitrogens with one attached hydrogen (secondary N) is 2. The first-order valence-electron chi connectivity index (χ1n) is 10.7. The van der Waals surface area contributed by atoms with Gasteiger partial charge in [0, 0.05) is 10.6 Å².